The maximum Gasteiger partial charge on any atom is 0.312 e. The quantitative estimate of drug-likeness (QED) is 0.826. The molecule has 0 amide bonds. The van der Waals surface area contributed by atoms with Crippen LogP contribution in [0, 0.1) is 17.5 Å². The molecule has 1 aromatic carbocycles. The zero-order valence-electron chi connectivity index (χ0n) is 8.78. The van der Waals surface area contributed by atoms with E-state index in [4.69, 9.17) is 10.8 Å². The molecule has 0 saturated carbocycles. The van der Waals surface area contributed by atoms with Crippen LogP contribution < -0.4 is 5.73 Å². The first kappa shape index (κ1) is 15.7. The van der Waals surface area contributed by atoms with Crippen LogP contribution in [0.5, 0.6) is 0 Å². The summed E-state index contributed by atoms with van der Waals surface area (Å²) < 4.78 is 38.8. The summed E-state index contributed by atoms with van der Waals surface area (Å²) in [5.74, 6) is -6.59. The van der Waals surface area contributed by atoms with Gasteiger partial charge < -0.3 is 10.8 Å². The van der Waals surface area contributed by atoms with Crippen molar-refractivity contribution in [1.29, 1.82) is 0 Å². The Bertz CT molecular complexity index is 426. The number of carbonyl (C=O) groups is 1. The molecule has 1 aromatic rings. The lowest BCUT2D eigenvalue weighted by molar-refractivity contribution is -0.139. The largest absolute Gasteiger partial charge is 0.481 e. The third kappa shape index (κ3) is 3.34. The van der Waals surface area contributed by atoms with Crippen molar-refractivity contribution in [3.05, 3.63) is 35.1 Å². The van der Waals surface area contributed by atoms with Crippen LogP contribution in [0.1, 0.15) is 18.4 Å². The second kappa shape index (κ2) is 5.88. The minimum absolute atomic E-state index is 0. The maximum atomic E-state index is 13.3. The van der Waals surface area contributed by atoms with E-state index in [1.165, 1.54) is 6.92 Å². The zero-order valence-corrected chi connectivity index (χ0v) is 9.60. The molecule has 0 spiro atoms. The summed E-state index contributed by atoms with van der Waals surface area (Å²) in [5.41, 5.74) is 4.91. The molecule has 0 fully saturated rings. The second-order valence-corrected chi connectivity index (χ2v) is 3.46. The number of hydrogen-bond acceptors (Lipinski definition) is 2. The van der Waals surface area contributed by atoms with Gasteiger partial charge >= 0.3 is 5.97 Å². The number of aliphatic carboxylic acids is 1. The minimum atomic E-state index is -1.41. The van der Waals surface area contributed by atoms with Crippen molar-refractivity contribution in [2.75, 3.05) is 0 Å². The van der Waals surface area contributed by atoms with Crippen LogP contribution in [0.2, 0.25) is 0 Å². The number of benzene rings is 1. The van der Waals surface area contributed by atoms with Crippen molar-refractivity contribution in [3.63, 3.8) is 0 Å². The summed E-state index contributed by atoms with van der Waals surface area (Å²) >= 11 is 0. The van der Waals surface area contributed by atoms with Gasteiger partial charge in [0.2, 0.25) is 0 Å². The summed E-state index contributed by atoms with van der Waals surface area (Å²) in [6.45, 7) is 1.35. The standard InChI is InChI=1S/C10H10F3NO2.ClH/c1-4(14)9(10(15)16)5-2-7(12)8(13)3-6(5)11;/h2-4,9H,14H2,1H3,(H,15,16);1H. The average Bonchev–Trinajstić information content (AvgIpc) is 2.12. The smallest absolute Gasteiger partial charge is 0.312 e. The Balaban J connectivity index is 0.00000256. The van der Waals surface area contributed by atoms with Gasteiger partial charge in [0, 0.05) is 17.7 Å². The van der Waals surface area contributed by atoms with Crippen LogP contribution in [0.4, 0.5) is 13.2 Å². The molecule has 7 heteroatoms. The first-order chi connectivity index (χ1) is 7.34. The molecule has 96 valence electrons. The second-order valence-electron chi connectivity index (χ2n) is 3.46. The van der Waals surface area contributed by atoms with Gasteiger partial charge in [0.25, 0.3) is 0 Å². The highest BCUT2D eigenvalue weighted by Gasteiger charge is 2.28. The van der Waals surface area contributed by atoms with Crippen LogP contribution in [0.15, 0.2) is 12.1 Å². The number of halogens is 4. The van der Waals surface area contributed by atoms with Gasteiger partial charge in [0.05, 0.1) is 5.92 Å². The summed E-state index contributed by atoms with van der Waals surface area (Å²) in [6, 6.07) is -0.0904. The maximum absolute atomic E-state index is 13.3. The van der Waals surface area contributed by atoms with Crippen LogP contribution in [-0.2, 0) is 4.79 Å². The van der Waals surface area contributed by atoms with Gasteiger partial charge in [-0.15, -0.1) is 12.4 Å². The van der Waals surface area contributed by atoms with Crippen LogP contribution in [-0.4, -0.2) is 17.1 Å². The van der Waals surface area contributed by atoms with E-state index in [9.17, 15) is 18.0 Å². The van der Waals surface area contributed by atoms with Crippen molar-refractivity contribution in [2.45, 2.75) is 18.9 Å². The van der Waals surface area contributed by atoms with Gasteiger partial charge in [-0.3, -0.25) is 4.79 Å². The van der Waals surface area contributed by atoms with Crippen molar-refractivity contribution < 1.29 is 23.1 Å². The minimum Gasteiger partial charge on any atom is -0.481 e. The van der Waals surface area contributed by atoms with Crippen molar-refractivity contribution >= 4 is 18.4 Å². The Morgan fingerprint density at radius 3 is 2.12 bits per heavy atom. The molecule has 0 aliphatic carbocycles. The monoisotopic (exact) mass is 269 g/mol. The summed E-state index contributed by atoms with van der Waals surface area (Å²) in [4.78, 5) is 10.8. The molecule has 2 atom stereocenters. The van der Waals surface area contributed by atoms with E-state index in [1.807, 2.05) is 0 Å². The zero-order chi connectivity index (χ0) is 12.5. The van der Waals surface area contributed by atoms with Crippen molar-refractivity contribution in [2.24, 2.45) is 5.73 Å². The Labute approximate surface area is 102 Å². The fraction of sp³-hybridized carbons (Fsp3) is 0.300. The molecule has 3 nitrogen and oxygen atoms in total. The molecule has 0 radical (unpaired) electrons. The molecule has 0 aliphatic rings. The van der Waals surface area contributed by atoms with E-state index in [0.717, 1.165) is 0 Å². The summed E-state index contributed by atoms with van der Waals surface area (Å²) in [6.07, 6.45) is 0. The van der Waals surface area contributed by atoms with Gasteiger partial charge in [-0.25, -0.2) is 13.2 Å². The average molecular weight is 270 g/mol. The van der Waals surface area contributed by atoms with E-state index in [0.29, 0.717) is 12.1 Å². The van der Waals surface area contributed by atoms with E-state index in [2.05, 4.69) is 0 Å². The fourth-order valence-corrected chi connectivity index (χ4v) is 1.42. The highest BCUT2D eigenvalue weighted by Crippen LogP contribution is 2.24. The number of nitrogens with two attached hydrogens (primary N) is 1. The Morgan fingerprint density at radius 1 is 1.24 bits per heavy atom. The Kier molecular flexibility index (Phi) is 5.44. The first-order valence-electron chi connectivity index (χ1n) is 4.47. The molecule has 1 rings (SSSR count). The predicted octanol–water partition coefficient (Wildman–Crippen LogP) is 2.04. The molecule has 0 heterocycles. The Hall–Kier alpha value is -1.27. The van der Waals surface area contributed by atoms with Gasteiger partial charge in [-0.2, -0.15) is 0 Å². The van der Waals surface area contributed by atoms with E-state index < -0.39 is 40.9 Å². The SMILES string of the molecule is CC(N)C(C(=O)O)c1cc(F)c(F)cc1F.Cl. The van der Waals surface area contributed by atoms with Crippen LogP contribution in [0.3, 0.4) is 0 Å². The molecule has 0 saturated heterocycles. The lowest BCUT2D eigenvalue weighted by Gasteiger charge is -2.17. The number of rotatable bonds is 3. The Morgan fingerprint density at radius 2 is 1.71 bits per heavy atom. The van der Waals surface area contributed by atoms with Gasteiger partial charge in [0.1, 0.15) is 5.82 Å². The van der Waals surface area contributed by atoms with E-state index in [-0.39, 0.29) is 12.4 Å². The predicted molar refractivity (Wildman–Crippen MR) is 57.6 cm³/mol. The highest BCUT2D eigenvalue weighted by molar-refractivity contribution is 5.85. The molecular formula is C10H11ClF3NO2. The van der Waals surface area contributed by atoms with Crippen molar-refractivity contribution in [1.82, 2.24) is 0 Å². The summed E-state index contributed by atoms with van der Waals surface area (Å²) in [7, 11) is 0. The topological polar surface area (TPSA) is 63.3 Å². The third-order valence-electron chi connectivity index (χ3n) is 2.17. The normalized spacial score (nSPS) is 13.7. The molecule has 17 heavy (non-hydrogen) atoms. The van der Waals surface area contributed by atoms with E-state index in [1.54, 1.807) is 0 Å². The third-order valence-corrected chi connectivity index (χ3v) is 2.17. The lowest BCUT2D eigenvalue weighted by Crippen LogP contribution is -2.31. The van der Waals surface area contributed by atoms with Gasteiger partial charge in [-0.1, -0.05) is 0 Å². The molecule has 2 unspecified atom stereocenters. The highest BCUT2D eigenvalue weighted by atomic mass is 35.5. The number of hydrogen-bond donors (Lipinski definition) is 2. The number of carboxylic acid groups (broad SMARTS) is 1. The lowest BCUT2D eigenvalue weighted by atomic mass is 9.92. The first-order valence-corrected chi connectivity index (χ1v) is 4.47. The van der Waals surface area contributed by atoms with Crippen molar-refractivity contribution in [3.8, 4) is 0 Å². The summed E-state index contributed by atoms with van der Waals surface area (Å²) in [5, 5.41) is 8.82. The molecule has 3 N–H and O–H groups in total. The molecule has 0 bridgehead atoms. The fourth-order valence-electron chi connectivity index (χ4n) is 1.42. The van der Waals surface area contributed by atoms with Gasteiger partial charge in [0.15, 0.2) is 11.6 Å². The number of carboxylic acids is 1. The van der Waals surface area contributed by atoms with E-state index >= 15 is 0 Å². The van der Waals surface area contributed by atoms with Gasteiger partial charge in [-0.05, 0) is 13.0 Å². The molecule has 0 aromatic heterocycles. The van der Waals surface area contributed by atoms with Crippen LogP contribution in [0.25, 0.3) is 0 Å². The molecular weight excluding hydrogens is 259 g/mol. The molecule has 0 aliphatic heterocycles. The van der Waals surface area contributed by atoms with Crippen LogP contribution >= 0.6 is 12.4 Å².